The van der Waals surface area contributed by atoms with Crippen molar-refractivity contribution < 1.29 is 9.59 Å². The Labute approximate surface area is 143 Å². The first-order chi connectivity index (χ1) is 11.3. The molecule has 132 valence electrons. The van der Waals surface area contributed by atoms with Gasteiger partial charge in [0.2, 0.25) is 0 Å². The lowest BCUT2D eigenvalue weighted by molar-refractivity contribution is -0.134. The van der Waals surface area contributed by atoms with Crippen LogP contribution in [0.5, 0.6) is 0 Å². The molecule has 7 heteroatoms. The smallest absolute Gasteiger partial charge is 0.325 e. The number of likely N-dealkylation sites (tertiary alicyclic amines) is 1. The number of aromatic nitrogens is 2. The van der Waals surface area contributed by atoms with E-state index in [2.05, 4.69) is 15.2 Å². The number of carbonyl (C=O) groups excluding carboxylic acids is 2. The predicted octanol–water partition coefficient (Wildman–Crippen LogP) is 1.35. The van der Waals surface area contributed by atoms with Crippen LogP contribution in [-0.4, -0.2) is 56.0 Å². The van der Waals surface area contributed by atoms with Crippen molar-refractivity contribution >= 4 is 11.9 Å². The fourth-order valence-corrected chi connectivity index (χ4v) is 3.84. The van der Waals surface area contributed by atoms with Gasteiger partial charge in [-0.25, -0.2) is 9.78 Å². The highest BCUT2D eigenvalue weighted by Gasteiger charge is 2.53. The lowest BCUT2D eigenvalue weighted by Gasteiger charge is -2.39. The van der Waals surface area contributed by atoms with Crippen molar-refractivity contribution in [1.29, 1.82) is 0 Å². The number of rotatable bonds is 4. The zero-order valence-electron chi connectivity index (χ0n) is 15.0. The Bertz CT molecular complexity index is 641. The van der Waals surface area contributed by atoms with E-state index in [1.54, 1.807) is 6.20 Å². The maximum atomic E-state index is 12.9. The van der Waals surface area contributed by atoms with Crippen LogP contribution in [0.25, 0.3) is 0 Å². The molecule has 0 unspecified atom stereocenters. The van der Waals surface area contributed by atoms with Gasteiger partial charge in [-0.05, 0) is 40.2 Å². The summed E-state index contributed by atoms with van der Waals surface area (Å²) >= 11 is 0. The van der Waals surface area contributed by atoms with Crippen molar-refractivity contribution in [3.63, 3.8) is 0 Å². The average molecular weight is 333 g/mol. The Morgan fingerprint density at radius 2 is 2.17 bits per heavy atom. The number of nitrogens with one attached hydrogen (secondary N) is 1. The monoisotopic (exact) mass is 333 g/mol. The molecule has 24 heavy (non-hydrogen) atoms. The maximum absolute atomic E-state index is 12.9. The highest BCUT2D eigenvalue weighted by atomic mass is 16.2. The molecule has 2 aliphatic rings. The van der Waals surface area contributed by atoms with Crippen molar-refractivity contribution in [2.45, 2.75) is 51.7 Å². The minimum absolute atomic E-state index is 0.0914. The van der Waals surface area contributed by atoms with E-state index in [-0.39, 0.29) is 23.9 Å². The number of imidazole rings is 1. The van der Waals surface area contributed by atoms with E-state index in [1.807, 2.05) is 38.6 Å². The predicted molar refractivity (Wildman–Crippen MR) is 90.1 cm³/mol. The molecule has 2 aliphatic heterocycles. The van der Waals surface area contributed by atoms with Gasteiger partial charge in [-0.3, -0.25) is 14.6 Å². The normalized spacial score (nSPS) is 28.7. The summed E-state index contributed by atoms with van der Waals surface area (Å²) in [6.07, 6.45) is 5.72. The number of carbonyl (C=O) groups is 2. The number of amides is 3. The first-order valence-corrected chi connectivity index (χ1v) is 8.67. The van der Waals surface area contributed by atoms with Crippen LogP contribution in [0.4, 0.5) is 4.79 Å². The van der Waals surface area contributed by atoms with Crippen LogP contribution < -0.4 is 5.32 Å². The van der Waals surface area contributed by atoms with Gasteiger partial charge >= 0.3 is 6.03 Å². The maximum Gasteiger partial charge on any atom is 0.325 e. The van der Waals surface area contributed by atoms with Gasteiger partial charge in [0.15, 0.2) is 0 Å². The molecule has 3 heterocycles. The van der Waals surface area contributed by atoms with Crippen LogP contribution in [0.2, 0.25) is 0 Å². The van der Waals surface area contributed by atoms with Crippen LogP contribution in [0.1, 0.15) is 39.4 Å². The molecule has 3 amide bonds. The van der Waals surface area contributed by atoms with Crippen LogP contribution in [0.15, 0.2) is 12.4 Å². The van der Waals surface area contributed by atoms with Gasteiger partial charge in [0.25, 0.3) is 5.91 Å². The van der Waals surface area contributed by atoms with E-state index in [0.29, 0.717) is 0 Å². The van der Waals surface area contributed by atoms with Gasteiger partial charge in [0, 0.05) is 37.9 Å². The molecule has 0 radical (unpaired) electrons. The van der Waals surface area contributed by atoms with Crippen LogP contribution >= 0.6 is 0 Å². The molecule has 0 spiro atoms. The lowest BCUT2D eigenvalue weighted by Crippen LogP contribution is -2.56. The Hall–Kier alpha value is -1.89. The van der Waals surface area contributed by atoms with Gasteiger partial charge in [-0.2, -0.15) is 0 Å². The van der Waals surface area contributed by atoms with E-state index >= 15 is 0 Å². The number of hydrogen-bond donors (Lipinski definition) is 1. The molecule has 1 aromatic heterocycles. The molecule has 0 aromatic carbocycles. The third-order valence-corrected chi connectivity index (χ3v) is 5.37. The molecule has 2 atom stereocenters. The van der Waals surface area contributed by atoms with E-state index < -0.39 is 5.54 Å². The fraction of sp³-hybridized carbons (Fsp3) is 0.706. The molecule has 0 bridgehead atoms. The third-order valence-electron chi connectivity index (χ3n) is 5.37. The summed E-state index contributed by atoms with van der Waals surface area (Å²) < 4.78 is 2.02. The molecule has 1 aromatic rings. The van der Waals surface area contributed by atoms with Crippen LogP contribution in [0, 0.1) is 5.92 Å². The first kappa shape index (κ1) is 17.0. The number of hydrogen-bond acceptors (Lipinski definition) is 4. The third kappa shape index (κ3) is 2.81. The number of imide groups is 1. The Kier molecular flexibility index (Phi) is 4.38. The second-order valence-electron chi connectivity index (χ2n) is 7.43. The summed E-state index contributed by atoms with van der Waals surface area (Å²) in [5.74, 6) is 1.05. The minimum Gasteiger partial charge on any atom is -0.337 e. The minimum atomic E-state index is -0.804. The average Bonchev–Trinajstić information content (AvgIpc) is 3.02. The van der Waals surface area contributed by atoms with E-state index in [1.165, 1.54) is 4.90 Å². The lowest BCUT2D eigenvalue weighted by atomic mass is 9.80. The largest absolute Gasteiger partial charge is 0.337 e. The van der Waals surface area contributed by atoms with Crippen molar-refractivity contribution in [2.24, 2.45) is 13.0 Å². The second kappa shape index (κ2) is 6.20. The molecule has 3 rings (SSSR count). The Morgan fingerprint density at radius 1 is 1.42 bits per heavy atom. The topological polar surface area (TPSA) is 70.5 Å². The summed E-state index contributed by atoms with van der Waals surface area (Å²) in [5.41, 5.74) is -0.804. The second-order valence-corrected chi connectivity index (χ2v) is 7.43. The van der Waals surface area contributed by atoms with E-state index in [4.69, 9.17) is 0 Å². The standard InChI is InChI=1S/C17H27N5O2/c1-12(2)22-15(23)17(3,19-16(22)24)13-6-5-8-21(10-13)11-14-18-7-9-20(14)4/h7,9,12-13H,5-6,8,10-11H2,1-4H3,(H,19,24)/t13-,17-/m0/s1. The van der Waals surface area contributed by atoms with Gasteiger partial charge in [-0.15, -0.1) is 0 Å². The number of urea groups is 1. The molecule has 2 saturated heterocycles. The van der Waals surface area contributed by atoms with Gasteiger partial charge < -0.3 is 9.88 Å². The summed E-state index contributed by atoms with van der Waals surface area (Å²) in [6, 6.07) is -0.384. The summed E-state index contributed by atoms with van der Waals surface area (Å²) in [4.78, 5) is 33.2. The molecule has 1 N–H and O–H groups in total. The Balaban J connectivity index is 1.73. The van der Waals surface area contributed by atoms with Crippen LogP contribution in [0.3, 0.4) is 0 Å². The van der Waals surface area contributed by atoms with Crippen molar-refractivity contribution in [3.05, 3.63) is 18.2 Å². The van der Waals surface area contributed by atoms with Gasteiger partial charge in [0.05, 0.1) is 6.54 Å². The molecule has 2 fully saturated rings. The summed E-state index contributed by atoms with van der Waals surface area (Å²) in [6.45, 7) is 8.18. The number of aryl methyl sites for hydroxylation is 1. The molecular formula is C17H27N5O2. The molecule has 7 nitrogen and oxygen atoms in total. The number of piperidine rings is 1. The molecular weight excluding hydrogens is 306 g/mol. The molecule has 0 aliphatic carbocycles. The summed E-state index contributed by atoms with van der Waals surface area (Å²) in [5, 5.41) is 2.96. The quantitative estimate of drug-likeness (QED) is 0.845. The Morgan fingerprint density at radius 3 is 2.75 bits per heavy atom. The highest BCUT2D eigenvalue weighted by molar-refractivity contribution is 6.07. The first-order valence-electron chi connectivity index (χ1n) is 8.67. The van der Waals surface area contributed by atoms with E-state index in [9.17, 15) is 9.59 Å². The SMILES string of the molecule is CC(C)N1C(=O)N[C@@](C)([C@H]2CCCN(Cc3nccn3C)C2)C1=O. The van der Waals surface area contributed by atoms with Crippen molar-refractivity contribution in [3.8, 4) is 0 Å². The fourth-order valence-electron chi connectivity index (χ4n) is 3.84. The zero-order valence-corrected chi connectivity index (χ0v) is 15.0. The van der Waals surface area contributed by atoms with Crippen LogP contribution in [-0.2, 0) is 18.4 Å². The van der Waals surface area contributed by atoms with Gasteiger partial charge in [0.1, 0.15) is 11.4 Å². The van der Waals surface area contributed by atoms with Crippen molar-refractivity contribution in [2.75, 3.05) is 13.1 Å². The van der Waals surface area contributed by atoms with E-state index in [0.717, 1.165) is 38.3 Å². The highest BCUT2D eigenvalue weighted by Crippen LogP contribution is 2.33. The summed E-state index contributed by atoms with van der Waals surface area (Å²) in [7, 11) is 1.99. The van der Waals surface area contributed by atoms with Gasteiger partial charge in [-0.1, -0.05) is 0 Å². The zero-order chi connectivity index (χ0) is 17.5. The van der Waals surface area contributed by atoms with Crippen molar-refractivity contribution in [1.82, 2.24) is 24.7 Å². The molecule has 0 saturated carbocycles. The number of nitrogens with zero attached hydrogens (tertiary/aromatic N) is 4.